The van der Waals surface area contributed by atoms with Gasteiger partial charge in [0.25, 0.3) is 5.56 Å². The number of hydrogen-bond donors (Lipinski definition) is 1. The summed E-state index contributed by atoms with van der Waals surface area (Å²) in [6.45, 7) is 0.323. The van der Waals surface area contributed by atoms with Crippen molar-refractivity contribution in [1.29, 1.82) is 0 Å². The molecule has 0 aliphatic carbocycles. The molecule has 10 heteroatoms. The largest absolute Gasteiger partial charge is 0.416 e. The van der Waals surface area contributed by atoms with E-state index in [9.17, 15) is 18.0 Å². The van der Waals surface area contributed by atoms with Crippen LogP contribution in [0.2, 0.25) is 0 Å². The summed E-state index contributed by atoms with van der Waals surface area (Å²) in [5.74, 6) is 0.369. The number of aromatic nitrogens is 5. The van der Waals surface area contributed by atoms with Gasteiger partial charge in [0.05, 0.1) is 23.3 Å². The molecule has 170 valence electrons. The molecule has 4 heterocycles. The molecular weight excluding hydrogens is 445 g/mol. The van der Waals surface area contributed by atoms with E-state index in [1.54, 1.807) is 53.6 Å². The Hall–Kier alpha value is -4.47. The van der Waals surface area contributed by atoms with Crippen molar-refractivity contribution < 1.29 is 13.2 Å². The quantitative estimate of drug-likeness (QED) is 0.430. The van der Waals surface area contributed by atoms with Gasteiger partial charge in [0.15, 0.2) is 0 Å². The van der Waals surface area contributed by atoms with Gasteiger partial charge in [-0.2, -0.15) is 18.3 Å². The van der Waals surface area contributed by atoms with E-state index < -0.39 is 11.7 Å². The lowest BCUT2D eigenvalue weighted by Crippen LogP contribution is -2.20. The highest BCUT2D eigenvalue weighted by Gasteiger charge is 2.30. The summed E-state index contributed by atoms with van der Waals surface area (Å²) >= 11 is 0. The number of rotatable bonds is 4. The summed E-state index contributed by atoms with van der Waals surface area (Å²) in [6, 6.07) is 14.9. The first-order chi connectivity index (χ1) is 16.3. The molecule has 0 aliphatic heterocycles. The second kappa shape index (κ2) is 8.14. The Labute approximate surface area is 190 Å². The number of alkyl halides is 3. The van der Waals surface area contributed by atoms with Crippen molar-refractivity contribution in [3.63, 3.8) is 0 Å². The van der Waals surface area contributed by atoms with Gasteiger partial charge in [-0.15, -0.1) is 0 Å². The predicted octanol–water partition coefficient (Wildman–Crippen LogP) is 4.29. The van der Waals surface area contributed by atoms with Crippen molar-refractivity contribution in [3.8, 4) is 16.9 Å². The van der Waals surface area contributed by atoms with Crippen LogP contribution >= 0.6 is 0 Å². The lowest BCUT2D eigenvalue weighted by atomic mass is 10.1. The van der Waals surface area contributed by atoms with Crippen molar-refractivity contribution in [3.05, 3.63) is 101 Å². The summed E-state index contributed by atoms with van der Waals surface area (Å²) in [7, 11) is 0. The Morgan fingerprint density at radius 3 is 2.44 bits per heavy atom. The van der Waals surface area contributed by atoms with Gasteiger partial charge in [-0.05, 0) is 48.0 Å². The molecule has 1 aromatic carbocycles. The number of halogens is 3. The number of nitrogen functional groups attached to an aromatic ring is 1. The molecule has 0 radical (unpaired) electrons. The number of nitrogens with zero attached hydrogens (tertiary/aromatic N) is 5. The lowest BCUT2D eigenvalue weighted by Gasteiger charge is -2.08. The molecule has 0 amide bonds. The zero-order valence-corrected chi connectivity index (χ0v) is 17.6. The first-order valence-corrected chi connectivity index (χ1v) is 10.2. The minimum absolute atomic E-state index is 0.253. The zero-order chi connectivity index (χ0) is 23.9. The molecule has 0 aliphatic rings. The number of anilines is 1. The topological polar surface area (TPSA) is 91.6 Å². The summed E-state index contributed by atoms with van der Waals surface area (Å²) in [5.41, 5.74) is 8.09. The molecule has 5 rings (SSSR count). The third-order valence-corrected chi connectivity index (χ3v) is 5.35. The predicted molar refractivity (Wildman–Crippen MR) is 121 cm³/mol. The van der Waals surface area contributed by atoms with E-state index in [2.05, 4.69) is 15.1 Å². The number of benzene rings is 1. The average molecular weight is 462 g/mol. The van der Waals surface area contributed by atoms with Crippen LogP contribution in [-0.2, 0) is 12.7 Å². The molecule has 34 heavy (non-hydrogen) atoms. The van der Waals surface area contributed by atoms with Crippen LogP contribution < -0.4 is 11.3 Å². The second-order valence-corrected chi connectivity index (χ2v) is 7.65. The molecule has 0 unspecified atom stereocenters. The monoisotopic (exact) mass is 462 g/mol. The summed E-state index contributed by atoms with van der Waals surface area (Å²) in [5, 5.41) is 4.59. The highest BCUT2D eigenvalue weighted by Crippen LogP contribution is 2.33. The Morgan fingerprint density at radius 2 is 1.74 bits per heavy atom. The molecule has 0 saturated carbocycles. The van der Waals surface area contributed by atoms with Gasteiger partial charge in [-0.25, -0.2) is 9.67 Å². The van der Waals surface area contributed by atoms with Crippen molar-refractivity contribution >= 4 is 16.9 Å². The maximum Gasteiger partial charge on any atom is 0.416 e. The third kappa shape index (κ3) is 4.01. The Morgan fingerprint density at radius 1 is 0.941 bits per heavy atom. The van der Waals surface area contributed by atoms with Gasteiger partial charge in [-0.3, -0.25) is 9.78 Å². The van der Waals surface area contributed by atoms with Crippen LogP contribution in [0.5, 0.6) is 0 Å². The SMILES string of the molecule is Nc1cc(Cn2ccc(-n3nc(-c4ccc(C(F)(F)F)cc4)c4ncccc43)cc2=O)ccn1. The van der Waals surface area contributed by atoms with Gasteiger partial charge in [-0.1, -0.05) is 12.1 Å². The standard InChI is InChI=1S/C24H17F3N6O/c25-24(26,27)17-5-3-16(4-6-17)22-23-19(2-1-9-30-23)33(31-22)18-8-11-32(21(34)13-18)14-15-7-10-29-20(28)12-15/h1-13H,14H2,(H2,28,29). The maximum atomic E-state index is 13.0. The third-order valence-electron chi connectivity index (χ3n) is 5.35. The highest BCUT2D eigenvalue weighted by atomic mass is 19.4. The molecule has 0 bridgehead atoms. The van der Waals surface area contributed by atoms with E-state index in [0.717, 1.165) is 17.7 Å². The van der Waals surface area contributed by atoms with Gasteiger partial charge >= 0.3 is 6.18 Å². The first kappa shape index (κ1) is 21.4. The van der Waals surface area contributed by atoms with Crippen LogP contribution in [0.3, 0.4) is 0 Å². The zero-order valence-electron chi connectivity index (χ0n) is 17.6. The maximum absolute atomic E-state index is 13.0. The number of pyridine rings is 3. The number of hydrogen-bond acceptors (Lipinski definition) is 5. The molecule has 5 aromatic rings. The van der Waals surface area contributed by atoms with Gasteiger partial charge in [0.1, 0.15) is 17.0 Å². The van der Waals surface area contributed by atoms with E-state index in [4.69, 9.17) is 5.73 Å². The van der Waals surface area contributed by atoms with Crippen molar-refractivity contribution in [2.24, 2.45) is 0 Å². The van der Waals surface area contributed by atoms with Crippen LogP contribution in [0.1, 0.15) is 11.1 Å². The van der Waals surface area contributed by atoms with E-state index >= 15 is 0 Å². The lowest BCUT2D eigenvalue weighted by molar-refractivity contribution is -0.137. The Kier molecular flexibility index (Phi) is 5.12. The fourth-order valence-electron chi connectivity index (χ4n) is 3.71. The fraction of sp³-hybridized carbons (Fsp3) is 0.0833. The average Bonchev–Trinajstić information content (AvgIpc) is 3.20. The molecular formula is C24H17F3N6O. The minimum atomic E-state index is -4.43. The van der Waals surface area contributed by atoms with Crippen LogP contribution in [0, 0.1) is 0 Å². The van der Waals surface area contributed by atoms with Crippen LogP contribution in [0.25, 0.3) is 28.0 Å². The molecule has 4 aromatic heterocycles. The Balaban J connectivity index is 1.55. The van der Waals surface area contributed by atoms with E-state index in [1.807, 2.05) is 0 Å². The van der Waals surface area contributed by atoms with Crippen LogP contribution in [0.15, 0.2) is 84.0 Å². The van der Waals surface area contributed by atoms with Crippen molar-refractivity contribution in [2.75, 3.05) is 5.73 Å². The number of nitrogens with two attached hydrogens (primary N) is 1. The van der Waals surface area contributed by atoms with E-state index in [0.29, 0.717) is 40.3 Å². The summed E-state index contributed by atoms with van der Waals surface area (Å²) in [6.07, 6.45) is 0.385. The van der Waals surface area contributed by atoms with Crippen LogP contribution in [-0.4, -0.2) is 24.3 Å². The van der Waals surface area contributed by atoms with Crippen molar-refractivity contribution in [1.82, 2.24) is 24.3 Å². The number of fused-ring (bicyclic) bond motifs is 1. The molecule has 7 nitrogen and oxygen atoms in total. The first-order valence-electron chi connectivity index (χ1n) is 10.2. The smallest absolute Gasteiger partial charge is 0.384 e. The van der Waals surface area contributed by atoms with Gasteiger partial charge in [0, 0.05) is 30.2 Å². The van der Waals surface area contributed by atoms with Gasteiger partial charge in [0.2, 0.25) is 0 Å². The summed E-state index contributed by atoms with van der Waals surface area (Å²) in [4.78, 5) is 21.1. The Bertz CT molecular complexity index is 1550. The second-order valence-electron chi connectivity index (χ2n) is 7.65. The molecule has 0 saturated heterocycles. The molecule has 0 atom stereocenters. The minimum Gasteiger partial charge on any atom is -0.384 e. The highest BCUT2D eigenvalue weighted by molar-refractivity contribution is 5.90. The normalized spacial score (nSPS) is 11.7. The van der Waals surface area contributed by atoms with E-state index in [-0.39, 0.29) is 5.56 Å². The summed E-state index contributed by atoms with van der Waals surface area (Å²) < 4.78 is 42.0. The fourth-order valence-corrected chi connectivity index (χ4v) is 3.71. The van der Waals surface area contributed by atoms with Crippen molar-refractivity contribution in [2.45, 2.75) is 12.7 Å². The van der Waals surface area contributed by atoms with Gasteiger partial charge < -0.3 is 10.3 Å². The van der Waals surface area contributed by atoms with E-state index in [1.165, 1.54) is 22.8 Å². The van der Waals surface area contributed by atoms with Crippen LogP contribution in [0.4, 0.5) is 19.0 Å². The molecule has 2 N–H and O–H groups in total. The molecule has 0 fully saturated rings. The molecule has 0 spiro atoms.